The molecule has 1 amide bonds. The second-order valence-electron chi connectivity index (χ2n) is 7.87. The highest BCUT2D eigenvalue weighted by atomic mass is 16.6. The molecular formula is C24H35NO8. The normalized spacial score (nSPS) is 12.0. The van der Waals surface area contributed by atoms with Crippen molar-refractivity contribution in [2.75, 3.05) is 19.8 Å². The molecular weight excluding hydrogens is 430 g/mol. The number of unbranched alkanes of at least 4 members (excludes halogenated alkanes) is 2. The molecule has 0 aromatic heterocycles. The van der Waals surface area contributed by atoms with Crippen LogP contribution < -0.4 is 14.8 Å². The molecule has 1 unspecified atom stereocenters. The van der Waals surface area contributed by atoms with Crippen LogP contribution in [0.3, 0.4) is 0 Å². The van der Waals surface area contributed by atoms with Crippen LogP contribution in [0.15, 0.2) is 30.4 Å². The minimum atomic E-state index is -1.13. The smallest absolute Gasteiger partial charge is 0.344 e. The number of carbonyl (C=O) groups is 3. The van der Waals surface area contributed by atoms with Crippen LogP contribution in [0.5, 0.6) is 11.5 Å². The lowest BCUT2D eigenvalue weighted by atomic mass is 10.1. The number of carboxylic acid groups (broad SMARTS) is 2. The van der Waals surface area contributed by atoms with Gasteiger partial charge in [0.25, 0.3) is 0 Å². The summed E-state index contributed by atoms with van der Waals surface area (Å²) in [6.45, 7) is 5.59. The van der Waals surface area contributed by atoms with Gasteiger partial charge in [-0.3, -0.25) is 4.79 Å². The zero-order chi connectivity index (χ0) is 24.6. The van der Waals surface area contributed by atoms with Crippen molar-refractivity contribution < 1.29 is 38.8 Å². The van der Waals surface area contributed by atoms with Crippen molar-refractivity contribution >= 4 is 17.8 Å². The van der Waals surface area contributed by atoms with Gasteiger partial charge >= 0.3 is 11.9 Å². The Morgan fingerprint density at radius 2 is 1.82 bits per heavy atom. The molecule has 1 rings (SSSR count). The number of nitrogens with one attached hydrogen (secondary N) is 1. The first kappa shape index (κ1) is 28.0. The van der Waals surface area contributed by atoms with E-state index in [9.17, 15) is 14.4 Å². The van der Waals surface area contributed by atoms with E-state index < -0.39 is 24.6 Å². The largest absolute Gasteiger partial charge is 0.487 e. The number of rotatable bonds is 17. The van der Waals surface area contributed by atoms with E-state index in [1.165, 1.54) is 6.92 Å². The first-order valence-corrected chi connectivity index (χ1v) is 11.1. The quantitative estimate of drug-likeness (QED) is 0.236. The van der Waals surface area contributed by atoms with E-state index in [1.807, 2.05) is 0 Å². The van der Waals surface area contributed by atoms with Crippen molar-refractivity contribution in [3.63, 3.8) is 0 Å². The van der Waals surface area contributed by atoms with Crippen LogP contribution in [0.25, 0.3) is 0 Å². The standard InChI is InChI=1S/C24H35NO8/c1-17(2)8-6-4-5-7-9-22(26)25-15-19-10-11-20(32-13-12-31-16-23(27)28)21(14-19)33-18(3)24(29)30/h6,8,10-11,14,17-18H,4-5,7,9,12-13,15-16H2,1-3H3,(H,25,26)(H,27,28)(H,29,30)/b8-6+. The van der Waals surface area contributed by atoms with E-state index in [0.717, 1.165) is 24.8 Å². The van der Waals surface area contributed by atoms with Gasteiger partial charge in [0.1, 0.15) is 13.2 Å². The summed E-state index contributed by atoms with van der Waals surface area (Å²) in [4.78, 5) is 33.8. The van der Waals surface area contributed by atoms with E-state index in [0.29, 0.717) is 18.1 Å². The van der Waals surface area contributed by atoms with Gasteiger partial charge in [0.2, 0.25) is 5.91 Å². The summed E-state index contributed by atoms with van der Waals surface area (Å²) < 4.78 is 16.0. The lowest BCUT2D eigenvalue weighted by Crippen LogP contribution is -2.24. The van der Waals surface area contributed by atoms with Gasteiger partial charge in [0, 0.05) is 13.0 Å². The molecule has 0 aliphatic heterocycles. The molecule has 9 heteroatoms. The van der Waals surface area contributed by atoms with Crippen LogP contribution in [0, 0.1) is 5.92 Å². The van der Waals surface area contributed by atoms with Crippen LogP contribution in [0.4, 0.5) is 0 Å². The summed E-state index contributed by atoms with van der Waals surface area (Å²) >= 11 is 0. The molecule has 0 heterocycles. The fourth-order valence-corrected chi connectivity index (χ4v) is 2.69. The number of benzene rings is 1. The Hall–Kier alpha value is -3.07. The molecule has 0 aliphatic carbocycles. The summed E-state index contributed by atoms with van der Waals surface area (Å²) in [5.74, 6) is -1.22. The highest BCUT2D eigenvalue weighted by molar-refractivity contribution is 5.75. The molecule has 1 atom stereocenters. The molecule has 0 radical (unpaired) electrons. The van der Waals surface area contributed by atoms with Crippen molar-refractivity contribution in [2.45, 2.75) is 59.1 Å². The molecule has 184 valence electrons. The molecule has 3 N–H and O–H groups in total. The van der Waals surface area contributed by atoms with Crippen LogP contribution >= 0.6 is 0 Å². The fourth-order valence-electron chi connectivity index (χ4n) is 2.69. The number of aliphatic carboxylic acids is 2. The van der Waals surface area contributed by atoms with Gasteiger partial charge in [0.05, 0.1) is 6.61 Å². The third kappa shape index (κ3) is 13.2. The minimum Gasteiger partial charge on any atom is -0.487 e. The maximum Gasteiger partial charge on any atom is 0.344 e. The predicted octanol–water partition coefficient (Wildman–Crippen LogP) is 3.41. The Bertz CT molecular complexity index is 791. The summed E-state index contributed by atoms with van der Waals surface area (Å²) in [7, 11) is 0. The Balaban J connectivity index is 2.59. The fraction of sp³-hybridized carbons (Fsp3) is 0.542. The van der Waals surface area contributed by atoms with E-state index in [2.05, 4.69) is 31.3 Å². The highest BCUT2D eigenvalue weighted by Crippen LogP contribution is 2.29. The second-order valence-corrected chi connectivity index (χ2v) is 7.87. The first-order chi connectivity index (χ1) is 15.7. The van der Waals surface area contributed by atoms with Crippen LogP contribution in [0.2, 0.25) is 0 Å². The van der Waals surface area contributed by atoms with Crippen molar-refractivity contribution in [2.24, 2.45) is 5.92 Å². The molecule has 33 heavy (non-hydrogen) atoms. The number of carboxylic acids is 2. The van der Waals surface area contributed by atoms with Crippen molar-refractivity contribution in [1.29, 1.82) is 0 Å². The second kappa shape index (κ2) is 15.7. The van der Waals surface area contributed by atoms with Gasteiger partial charge in [0.15, 0.2) is 17.6 Å². The lowest BCUT2D eigenvalue weighted by molar-refractivity contribution is -0.144. The topological polar surface area (TPSA) is 131 Å². The average molecular weight is 466 g/mol. The zero-order valence-electron chi connectivity index (χ0n) is 19.5. The molecule has 9 nitrogen and oxygen atoms in total. The van der Waals surface area contributed by atoms with Crippen molar-refractivity contribution in [1.82, 2.24) is 5.32 Å². The lowest BCUT2D eigenvalue weighted by Gasteiger charge is -2.16. The number of allylic oxidation sites excluding steroid dienone is 2. The summed E-state index contributed by atoms with van der Waals surface area (Å²) in [5.41, 5.74) is 0.727. The number of ether oxygens (including phenoxy) is 3. The number of carbonyl (C=O) groups excluding carboxylic acids is 1. The molecule has 1 aromatic carbocycles. The van der Waals surface area contributed by atoms with Crippen LogP contribution in [0.1, 0.15) is 52.0 Å². The van der Waals surface area contributed by atoms with Gasteiger partial charge in [-0.05, 0) is 49.8 Å². The summed E-state index contributed by atoms with van der Waals surface area (Å²) in [5, 5.41) is 20.6. The van der Waals surface area contributed by atoms with Gasteiger partial charge in [-0.25, -0.2) is 9.59 Å². The molecule has 0 spiro atoms. The average Bonchev–Trinajstić information content (AvgIpc) is 2.75. The van der Waals surface area contributed by atoms with E-state index >= 15 is 0 Å². The predicted molar refractivity (Wildman–Crippen MR) is 122 cm³/mol. The minimum absolute atomic E-state index is 0.0469. The Labute approximate surface area is 194 Å². The monoisotopic (exact) mass is 465 g/mol. The zero-order valence-corrected chi connectivity index (χ0v) is 19.5. The molecule has 0 bridgehead atoms. The number of amides is 1. The van der Waals surface area contributed by atoms with Crippen molar-refractivity contribution in [3.8, 4) is 11.5 Å². The Morgan fingerprint density at radius 1 is 1.06 bits per heavy atom. The van der Waals surface area contributed by atoms with Gasteiger partial charge in [-0.15, -0.1) is 0 Å². The van der Waals surface area contributed by atoms with Gasteiger partial charge in [-0.2, -0.15) is 0 Å². The number of hydrogen-bond acceptors (Lipinski definition) is 6. The molecule has 0 aliphatic rings. The van der Waals surface area contributed by atoms with E-state index in [1.54, 1.807) is 18.2 Å². The van der Waals surface area contributed by atoms with Crippen LogP contribution in [-0.4, -0.2) is 54.0 Å². The van der Waals surface area contributed by atoms with Gasteiger partial charge in [-0.1, -0.05) is 32.1 Å². The Morgan fingerprint density at radius 3 is 2.48 bits per heavy atom. The molecule has 0 saturated carbocycles. The maximum atomic E-state index is 12.1. The van der Waals surface area contributed by atoms with Crippen LogP contribution in [-0.2, 0) is 25.7 Å². The number of hydrogen-bond donors (Lipinski definition) is 3. The molecule has 1 aromatic rings. The third-order valence-corrected chi connectivity index (χ3v) is 4.41. The van der Waals surface area contributed by atoms with E-state index in [4.69, 9.17) is 24.4 Å². The molecule has 0 saturated heterocycles. The van der Waals surface area contributed by atoms with E-state index in [-0.39, 0.29) is 31.4 Å². The van der Waals surface area contributed by atoms with Gasteiger partial charge < -0.3 is 29.7 Å². The SMILES string of the molecule is CC(C)/C=C/CCCCC(=O)NCc1ccc(OCCOCC(=O)O)c(OC(C)C(=O)O)c1. The molecule has 0 fully saturated rings. The summed E-state index contributed by atoms with van der Waals surface area (Å²) in [6, 6.07) is 4.97. The first-order valence-electron chi connectivity index (χ1n) is 11.1. The highest BCUT2D eigenvalue weighted by Gasteiger charge is 2.16. The maximum absolute atomic E-state index is 12.1. The Kier molecular flexibility index (Phi) is 13.3. The summed E-state index contributed by atoms with van der Waals surface area (Å²) in [6.07, 6.45) is 6.33. The third-order valence-electron chi connectivity index (χ3n) is 4.41. The van der Waals surface area contributed by atoms with Crippen molar-refractivity contribution in [3.05, 3.63) is 35.9 Å².